The van der Waals surface area contributed by atoms with Crippen LogP contribution in [0.2, 0.25) is 0 Å². The van der Waals surface area contributed by atoms with Gasteiger partial charge in [0.15, 0.2) is 0 Å². The Balaban J connectivity index is 1.73. The molecule has 0 unspecified atom stereocenters. The van der Waals surface area contributed by atoms with Gasteiger partial charge in [0.1, 0.15) is 0 Å². The van der Waals surface area contributed by atoms with Crippen molar-refractivity contribution in [3.63, 3.8) is 0 Å². The van der Waals surface area contributed by atoms with Crippen molar-refractivity contribution in [2.24, 2.45) is 0 Å². The number of aryl methyl sites for hydroxylation is 1. The summed E-state index contributed by atoms with van der Waals surface area (Å²) in [6.07, 6.45) is 0.920. The van der Waals surface area contributed by atoms with Crippen molar-refractivity contribution in [2.45, 2.75) is 13.3 Å². The standard InChI is InChI=1S/C18H22N2O/c1-15-9-11-17(12-10-15)19-13-6-14-20(2)18(21)16-7-4-3-5-8-16/h3-5,7-12,19H,6,13-14H2,1-2H3. The Labute approximate surface area is 126 Å². The Morgan fingerprint density at radius 3 is 2.38 bits per heavy atom. The fourth-order valence-electron chi connectivity index (χ4n) is 2.12. The van der Waals surface area contributed by atoms with E-state index in [1.54, 1.807) is 4.90 Å². The van der Waals surface area contributed by atoms with Crippen LogP contribution in [-0.2, 0) is 0 Å². The maximum absolute atomic E-state index is 12.2. The lowest BCUT2D eigenvalue weighted by Gasteiger charge is -2.17. The zero-order valence-corrected chi connectivity index (χ0v) is 12.7. The minimum atomic E-state index is 0.0749. The van der Waals surface area contributed by atoms with E-state index >= 15 is 0 Å². The molecule has 0 heterocycles. The number of hydrogen-bond donors (Lipinski definition) is 1. The van der Waals surface area contributed by atoms with Gasteiger partial charge in [-0.3, -0.25) is 4.79 Å². The van der Waals surface area contributed by atoms with Gasteiger partial charge in [-0.05, 0) is 37.6 Å². The molecule has 2 aromatic carbocycles. The zero-order chi connectivity index (χ0) is 15.1. The average Bonchev–Trinajstić information content (AvgIpc) is 2.53. The number of benzene rings is 2. The molecule has 0 saturated carbocycles. The summed E-state index contributed by atoms with van der Waals surface area (Å²) in [5.41, 5.74) is 3.12. The molecule has 3 nitrogen and oxygen atoms in total. The second kappa shape index (κ2) is 7.48. The van der Waals surface area contributed by atoms with Gasteiger partial charge in [-0.25, -0.2) is 0 Å². The number of anilines is 1. The second-order valence-electron chi connectivity index (χ2n) is 5.24. The Morgan fingerprint density at radius 2 is 1.71 bits per heavy atom. The molecule has 0 aliphatic carbocycles. The molecule has 0 bridgehead atoms. The molecule has 0 aliphatic heterocycles. The maximum Gasteiger partial charge on any atom is 0.253 e. The summed E-state index contributed by atoms with van der Waals surface area (Å²) in [5.74, 6) is 0.0749. The normalized spacial score (nSPS) is 10.2. The Hall–Kier alpha value is -2.29. The van der Waals surface area contributed by atoms with E-state index in [1.165, 1.54) is 5.56 Å². The summed E-state index contributed by atoms with van der Waals surface area (Å²) in [4.78, 5) is 13.9. The predicted octanol–water partition coefficient (Wildman–Crippen LogP) is 3.57. The van der Waals surface area contributed by atoms with E-state index in [1.807, 2.05) is 37.4 Å². The fourth-order valence-corrected chi connectivity index (χ4v) is 2.12. The first kappa shape index (κ1) is 15.1. The first-order chi connectivity index (χ1) is 10.2. The topological polar surface area (TPSA) is 32.3 Å². The molecule has 0 atom stereocenters. The first-order valence-electron chi connectivity index (χ1n) is 7.28. The van der Waals surface area contributed by atoms with E-state index in [-0.39, 0.29) is 5.91 Å². The second-order valence-corrected chi connectivity index (χ2v) is 5.24. The van der Waals surface area contributed by atoms with Crippen LogP contribution in [-0.4, -0.2) is 30.9 Å². The highest BCUT2D eigenvalue weighted by Crippen LogP contribution is 2.08. The van der Waals surface area contributed by atoms with Crippen LogP contribution in [0.1, 0.15) is 22.3 Å². The van der Waals surface area contributed by atoms with Crippen LogP contribution in [0, 0.1) is 6.92 Å². The maximum atomic E-state index is 12.2. The van der Waals surface area contributed by atoms with Gasteiger partial charge >= 0.3 is 0 Å². The summed E-state index contributed by atoms with van der Waals surface area (Å²) in [6.45, 7) is 3.68. The highest BCUT2D eigenvalue weighted by atomic mass is 16.2. The van der Waals surface area contributed by atoms with Crippen molar-refractivity contribution < 1.29 is 4.79 Å². The Bertz CT molecular complexity index is 564. The molecule has 0 aromatic heterocycles. The lowest BCUT2D eigenvalue weighted by Crippen LogP contribution is -2.28. The fraction of sp³-hybridized carbons (Fsp3) is 0.278. The van der Waals surface area contributed by atoms with Crippen LogP contribution < -0.4 is 5.32 Å². The molecule has 0 fully saturated rings. The minimum absolute atomic E-state index is 0.0749. The average molecular weight is 282 g/mol. The van der Waals surface area contributed by atoms with Crippen molar-refractivity contribution in [3.8, 4) is 0 Å². The van der Waals surface area contributed by atoms with Crippen molar-refractivity contribution in [3.05, 3.63) is 65.7 Å². The van der Waals surface area contributed by atoms with E-state index in [4.69, 9.17) is 0 Å². The molecule has 1 amide bonds. The molecule has 3 heteroatoms. The van der Waals surface area contributed by atoms with Gasteiger partial charge in [0.05, 0.1) is 0 Å². The van der Waals surface area contributed by atoms with E-state index in [0.717, 1.165) is 30.8 Å². The molecule has 0 aliphatic rings. The summed E-state index contributed by atoms with van der Waals surface area (Å²) < 4.78 is 0. The third kappa shape index (κ3) is 4.63. The van der Waals surface area contributed by atoms with Gasteiger partial charge in [-0.1, -0.05) is 35.9 Å². The number of rotatable bonds is 6. The van der Waals surface area contributed by atoms with Crippen molar-refractivity contribution in [1.29, 1.82) is 0 Å². The molecular weight excluding hydrogens is 260 g/mol. The monoisotopic (exact) mass is 282 g/mol. The lowest BCUT2D eigenvalue weighted by atomic mass is 10.2. The zero-order valence-electron chi connectivity index (χ0n) is 12.7. The first-order valence-corrected chi connectivity index (χ1v) is 7.28. The molecule has 2 aromatic rings. The molecular formula is C18H22N2O. The predicted molar refractivity (Wildman–Crippen MR) is 87.7 cm³/mol. The largest absolute Gasteiger partial charge is 0.385 e. The SMILES string of the molecule is Cc1ccc(NCCCN(C)C(=O)c2ccccc2)cc1. The molecule has 0 spiro atoms. The van der Waals surface area contributed by atoms with Crippen molar-refractivity contribution >= 4 is 11.6 Å². The summed E-state index contributed by atoms with van der Waals surface area (Å²) >= 11 is 0. The number of hydrogen-bond acceptors (Lipinski definition) is 2. The third-order valence-corrected chi connectivity index (χ3v) is 3.42. The van der Waals surface area contributed by atoms with Gasteiger partial charge in [-0.2, -0.15) is 0 Å². The van der Waals surface area contributed by atoms with E-state index in [0.29, 0.717) is 0 Å². The highest BCUT2D eigenvalue weighted by molar-refractivity contribution is 5.93. The van der Waals surface area contributed by atoms with Crippen LogP contribution in [0.25, 0.3) is 0 Å². The third-order valence-electron chi connectivity index (χ3n) is 3.42. The number of amides is 1. The quantitative estimate of drug-likeness (QED) is 0.821. The molecule has 0 radical (unpaired) electrons. The van der Waals surface area contributed by atoms with E-state index in [2.05, 4.69) is 36.5 Å². The Morgan fingerprint density at radius 1 is 1.05 bits per heavy atom. The van der Waals surface area contributed by atoms with Gasteiger partial charge < -0.3 is 10.2 Å². The Kier molecular flexibility index (Phi) is 5.38. The molecule has 1 N–H and O–H groups in total. The smallest absolute Gasteiger partial charge is 0.253 e. The van der Waals surface area contributed by atoms with Crippen LogP contribution in [0.4, 0.5) is 5.69 Å². The van der Waals surface area contributed by atoms with Crippen LogP contribution in [0.15, 0.2) is 54.6 Å². The van der Waals surface area contributed by atoms with E-state index in [9.17, 15) is 4.79 Å². The molecule has 0 saturated heterocycles. The minimum Gasteiger partial charge on any atom is -0.385 e. The number of carbonyl (C=O) groups is 1. The van der Waals surface area contributed by atoms with Crippen LogP contribution in [0.3, 0.4) is 0 Å². The van der Waals surface area contributed by atoms with Gasteiger partial charge in [-0.15, -0.1) is 0 Å². The van der Waals surface area contributed by atoms with Gasteiger partial charge in [0, 0.05) is 31.4 Å². The van der Waals surface area contributed by atoms with Crippen molar-refractivity contribution in [1.82, 2.24) is 4.90 Å². The van der Waals surface area contributed by atoms with Gasteiger partial charge in [0.25, 0.3) is 5.91 Å². The molecule has 2 rings (SSSR count). The van der Waals surface area contributed by atoms with Crippen molar-refractivity contribution in [2.75, 3.05) is 25.5 Å². The van der Waals surface area contributed by atoms with Crippen LogP contribution in [0.5, 0.6) is 0 Å². The summed E-state index contributed by atoms with van der Waals surface area (Å²) in [7, 11) is 1.85. The number of nitrogens with zero attached hydrogens (tertiary/aromatic N) is 1. The van der Waals surface area contributed by atoms with Gasteiger partial charge in [0.2, 0.25) is 0 Å². The van der Waals surface area contributed by atoms with Crippen LogP contribution >= 0.6 is 0 Å². The number of nitrogens with one attached hydrogen (secondary N) is 1. The summed E-state index contributed by atoms with van der Waals surface area (Å²) in [5, 5.41) is 3.37. The number of carbonyl (C=O) groups excluding carboxylic acids is 1. The molecule has 21 heavy (non-hydrogen) atoms. The highest BCUT2D eigenvalue weighted by Gasteiger charge is 2.09. The summed E-state index contributed by atoms with van der Waals surface area (Å²) in [6, 6.07) is 17.7. The lowest BCUT2D eigenvalue weighted by molar-refractivity contribution is 0.0794. The van der Waals surface area contributed by atoms with E-state index < -0.39 is 0 Å². The molecule has 110 valence electrons.